The third-order valence-corrected chi connectivity index (χ3v) is 4.59. The Morgan fingerprint density at radius 3 is 3.00 bits per heavy atom. The van der Waals surface area contributed by atoms with E-state index in [1.807, 2.05) is 17.5 Å². The summed E-state index contributed by atoms with van der Waals surface area (Å²) in [6.07, 6.45) is 6.06. The van der Waals surface area contributed by atoms with E-state index in [9.17, 15) is 0 Å². The molecule has 0 amide bonds. The minimum Gasteiger partial charge on any atom is -0.319 e. The summed E-state index contributed by atoms with van der Waals surface area (Å²) in [5.74, 6) is 0.747. The molecule has 1 saturated carbocycles. The lowest BCUT2D eigenvalue weighted by atomic mass is 10.0. The van der Waals surface area contributed by atoms with Gasteiger partial charge in [-0.05, 0) is 45.3 Å². The van der Waals surface area contributed by atoms with Gasteiger partial charge in [0.05, 0.1) is 6.04 Å². The van der Waals surface area contributed by atoms with E-state index in [0.29, 0.717) is 6.04 Å². The van der Waals surface area contributed by atoms with Gasteiger partial charge in [0.2, 0.25) is 0 Å². The fourth-order valence-electron chi connectivity index (χ4n) is 2.90. The summed E-state index contributed by atoms with van der Waals surface area (Å²) in [5.41, 5.74) is 0. The van der Waals surface area contributed by atoms with Crippen LogP contribution >= 0.6 is 11.3 Å². The molecule has 4 heteroatoms. The van der Waals surface area contributed by atoms with Crippen LogP contribution in [-0.4, -0.2) is 36.1 Å². The third kappa shape index (κ3) is 1.90. The zero-order chi connectivity index (χ0) is 11.0. The van der Waals surface area contributed by atoms with E-state index in [1.54, 1.807) is 0 Å². The second-order valence-corrected chi connectivity index (χ2v) is 5.82. The fourth-order valence-corrected chi connectivity index (χ4v) is 3.75. The number of rotatable bonds is 4. The predicted octanol–water partition coefficient (Wildman–Crippen LogP) is 1.89. The molecule has 0 radical (unpaired) electrons. The summed E-state index contributed by atoms with van der Waals surface area (Å²) in [5, 5.41) is 6.76. The summed E-state index contributed by atoms with van der Waals surface area (Å²) in [6.45, 7) is 2.38. The van der Waals surface area contributed by atoms with Gasteiger partial charge in [0.15, 0.2) is 0 Å². The van der Waals surface area contributed by atoms with Crippen molar-refractivity contribution in [2.75, 3.05) is 20.1 Å². The van der Waals surface area contributed by atoms with Crippen LogP contribution < -0.4 is 5.32 Å². The first-order chi connectivity index (χ1) is 7.90. The van der Waals surface area contributed by atoms with Gasteiger partial charge in [-0.1, -0.05) is 0 Å². The van der Waals surface area contributed by atoms with Crippen LogP contribution in [-0.2, 0) is 0 Å². The molecule has 2 heterocycles. The van der Waals surface area contributed by atoms with E-state index in [-0.39, 0.29) is 0 Å². The second kappa shape index (κ2) is 4.43. The summed E-state index contributed by atoms with van der Waals surface area (Å²) in [4.78, 5) is 7.24. The van der Waals surface area contributed by atoms with Gasteiger partial charge in [-0.3, -0.25) is 4.90 Å². The van der Waals surface area contributed by atoms with E-state index < -0.39 is 0 Å². The van der Waals surface area contributed by atoms with Gasteiger partial charge in [0.25, 0.3) is 0 Å². The van der Waals surface area contributed by atoms with E-state index in [0.717, 1.165) is 18.5 Å². The SMILES string of the molecule is CNCC1CCN(C2CC2)C1c1nccs1. The molecule has 1 aromatic rings. The van der Waals surface area contributed by atoms with E-state index in [1.165, 1.54) is 30.8 Å². The number of aromatic nitrogens is 1. The molecule has 2 unspecified atom stereocenters. The van der Waals surface area contributed by atoms with Crippen molar-refractivity contribution < 1.29 is 0 Å². The Bertz CT molecular complexity index is 334. The molecule has 0 aromatic carbocycles. The quantitative estimate of drug-likeness (QED) is 0.867. The highest BCUT2D eigenvalue weighted by Gasteiger charge is 2.43. The molecule has 1 saturated heterocycles. The molecular formula is C12H19N3S. The smallest absolute Gasteiger partial charge is 0.110 e. The zero-order valence-corrected chi connectivity index (χ0v) is 10.5. The van der Waals surface area contributed by atoms with Crippen molar-refractivity contribution in [3.63, 3.8) is 0 Å². The number of hydrogen-bond donors (Lipinski definition) is 1. The van der Waals surface area contributed by atoms with E-state index in [4.69, 9.17) is 0 Å². The van der Waals surface area contributed by atoms with Crippen LogP contribution in [0.5, 0.6) is 0 Å². The van der Waals surface area contributed by atoms with E-state index in [2.05, 4.69) is 27.6 Å². The first-order valence-electron chi connectivity index (χ1n) is 6.20. The molecule has 2 atom stereocenters. The second-order valence-electron chi connectivity index (χ2n) is 4.89. The Morgan fingerprint density at radius 2 is 2.38 bits per heavy atom. The van der Waals surface area contributed by atoms with Crippen molar-refractivity contribution in [3.8, 4) is 0 Å². The Labute approximate surface area is 101 Å². The van der Waals surface area contributed by atoms with Crippen LogP contribution in [0.4, 0.5) is 0 Å². The lowest BCUT2D eigenvalue weighted by Gasteiger charge is -2.26. The normalized spacial score (nSPS) is 31.1. The maximum absolute atomic E-state index is 4.54. The Kier molecular flexibility index (Phi) is 2.96. The number of nitrogens with zero attached hydrogens (tertiary/aromatic N) is 2. The number of thiazole rings is 1. The van der Waals surface area contributed by atoms with Gasteiger partial charge in [0.1, 0.15) is 5.01 Å². The maximum atomic E-state index is 4.54. The molecule has 3 nitrogen and oxygen atoms in total. The van der Waals surface area contributed by atoms with Gasteiger partial charge in [0, 0.05) is 17.6 Å². The average Bonchev–Trinajstić information content (AvgIpc) is 2.84. The largest absolute Gasteiger partial charge is 0.319 e. The summed E-state index contributed by atoms with van der Waals surface area (Å²) < 4.78 is 0. The topological polar surface area (TPSA) is 28.2 Å². The minimum atomic E-state index is 0.583. The van der Waals surface area contributed by atoms with Crippen molar-refractivity contribution in [1.29, 1.82) is 0 Å². The minimum absolute atomic E-state index is 0.583. The van der Waals surface area contributed by atoms with Crippen LogP contribution in [0, 0.1) is 5.92 Å². The Morgan fingerprint density at radius 1 is 1.50 bits per heavy atom. The molecule has 0 spiro atoms. The van der Waals surface area contributed by atoms with Gasteiger partial charge >= 0.3 is 0 Å². The summed E-state index contributed by atoms with van der Waals surface area (Å²) in [6, 6.07) is 1.44. The molecule has 88 valence electrons. The van der Waals surface area contributed by atoms with Crippen molar-refractivity contribution in [1.82, 2.24) is 15.2 Å². The van der Waals surface area contributed by atoms with E-state index >= 15 is 0 Å². The summed E-state index contributed by atoms with van der Waals surface area (Å²) in [7, 11) is 2.05. The monoisotopic (exact) mass is 237 g/mol. The lowest BCUT2D eigenvalue weighted by Crippen LogP contribution is -2.30. The molecule has 16 heavy (non-hydrogen) atoms. The Balaban J connectivity index is 1.81. The molecule has 3 rings (SSSR count). The number of hydrogen-bond acceptors (Lipinski definition) is 4. The number of likely N-dealkylation sites (tertiary alicyclic amines) is 1. The van der Waals surface area contributed by atoms with Crippen LogP contribution in [0.1, 0.15) is 30.3 Å². The molecule has 1 aliphatic carbocycles. The van der Waals surface area contributed by atoms with Crippen LogP contribution in [0.2, 0.25) is 0 Å². The van der Waals surface area contributed by atoms with Crippen LogP contribution in [0.15, 0.2) is 11.6 Å². The zero-order valence-electron chi connectivity index (χ0n) is 9.72. The maximum Gasteiger partial charge on any atom is 0.110 e. The van der Waals surface area contributed by atoms with Crippen molar-refractivity contribution in [3.05, 3.63) is 16.6 Å². The third-order valence-electron chi connectivity index (χ3n) is 3.75. The molecule has 1 N–H and O–H groups in total. The fraction of sp³-hybridized carbons (Fsp3) is 0.750. The molecule has 2 fully saturated rings. The molecule has 0 bridgehead atoms. The molecule has 1 aliphatic heterocycles. The van der Waals surface area contributed by atoms with Crippen LogP contribution in [0.3, 0.4) is 0 Å². The average molecular weight is 237 g/mol. The van der Waals surface area contributed by atoms with Gasteiger partial charge in [-0.15, -0.1) is 11.3 Å². The molecule has 1 aromatic heterocycles. The first-order valence-corrected chi connectivity index (χ1v) is 7.08. The van der Waals surface area contributed by atoms with Crippen molar-refractivity contribution in [2.45, 2.75) is 31.3 Å². The highest BCUT2D eigenvalue weighted by Crippen LogP contribution is 2.44. The van der Waals surface area contributed by atoms with Gasteiger partial charge in [-0.25, -0.2) is 4.98 Å². The Hall–Kier alpha value is -0.450. The standard InChI is InChI=1S/C12H19N3S/c1-13-8-9-4-6-15(10-2-3-10)11(9)12-14-5-7-16-12/h5,7,9-11,13H,2-4,6,8H2,1H3. The lowest BCUT2D eigenvalue weighted by molar-refractivity contribution is 0.217. The summed E-state index contributed by atoms with van der Waals surface area (Å²) >= 11 is 1.82. The molecular weight excluding hydrogens is 218 g/mol. The number of nitrogens with one attached hydrogen (secondary N) is 1. The highest BCUT2D eigenvalue weighted by atomic mass is 32.1. The van der Waals surface area contributed by atoms with Gasteiger partial charge in [-0.2, -0.15) is 0 Å². The van der Waals surface area contributed by atoms with Crippen molar-refractivity contribution >= 4 is 11.3 Å². The van der Waals surface area contributed by atoms with Crippen LogP contribution in [0.25, 0.3) is 0 Å². The predicted molar refractivity (Wildman–Crippen MR) is 66.6 cm³/mol. The highest BCUT2D eigenvalue weighted by molar-refractivity contribution is 7.09. The molecule has 2 aliphatic rings. The van der Waals surface area contributed by atoms with Gasteiger partial charge < -0.3 is 5.32 Å². The van der Waals surface area contributed by atoms with Crippen molar-refractivity contribution in [2.24, 2.45) is 5.92 Å². The first kappa shape index (κ1) is 10.7.